The van der Waals surface area contributed by atoms with Crippen LogP contribution in [0, 0.1) is 11.6 Å². The molecule has 0 heterocycles. The van der Waals surface area contributed by atoms with Crippen molar-refractivity contribution >= 4 is 23.2 Å². The van der Waals surface area contributed by atoms with Crippen LogP contribution in [0.15, 0.2) is 42.5 Å². The lowest BCUT2D eigenvalue weighted by atomic mass is 10.1. The van der Waals surface area contributed by atoms with E-state index in [2.05, 4.69) is 10.6 Å². The van der Waals surface area contributed by atoms with Crippen LogP contribution in [0.1, 0.15) is 5.56 Å². The lowest BCUT2D eigenvalue weighted by molar-refractivity contribution is -0.136. The number of hydrogen-bond acceptors (Lipinski definition) is 3. The summed E-state index contributed by atoms with van der Waals surface area (Å²) in [6.45, 7) is 0.263. The molecule has 2 N–H and O–H groups in total. The van der Waals surface area contributed by atoms with Crippen molar-refractivity contribution in [2.45, 2.75) is 6.42 Å². The van der Waals surface area contributed by atoms with Gasteiger partial charge in [-0.1, -0.05) is 12.1 Å². The number of rotatable bonds is 5. The maximum absolute atomic E-state index is 13.4. The van der Waals surface area contributed by atoms with E-state index in [1.54, 1.807) is 0 Å². The summed E-state index contributed by atoms with van der Waals surface area (Å²) in [7, 11) is 3.88. The van der Waals surface area contributed by atoms with Gasteiger partial charge < -0.3 is 15.5 Å². The predicted molar refractivity (Wildman–Crippen MR) is 92.5 cm³/mol. The van der Waals surface area contributed by atoms with Crippen LogP contribution < -0.4 is 15.5 Å². The second kappa shape index (κ2) is 8.23. The Bertz CT molecular complexity index is 761. The Balaban J connectivity index is 1.82. The van der Waals surface area contributed by atoms with Crippen LogP contribution >= 0.6 is 0 Å². The summed E-state index contributed by atoms with van der Waals surface area (Å²) in [5.74, 6) is -3.59. The molecule has 0 aliphatic carbocycles. The highest BCUT2D eigenvalue weighted by atomic mass is 19.1. The van der Waals surface area contributed by atoms with E-state index in [4.69, 9.17) is 0 Å². The van der Waals surface area contributed by atoms with Gasteiger partial charge in [-0.15, -0.1) is 0 Å². The van der Waals surface area contributed by atoms with Gasteiger partial charge >= 0.3 is 11.8 Å². The minimum atomic E-state index is -1.01. The number of carbonyl (C=O) groups is 2. The summed E-state index contributed by atoms with van der Waals surface area (Å²) in [5.41, 5.74) is 1.82. The molecule has 0 aliphatic rings. The van der Waals surface area contributed by atoms with Crippen molar-refractivity contribution in [1.29, 1.82) is 0 Å². The second-order valence-corrected chi connectivity index (χ2v) is 5.65. The minimum Gasteiger partial charge on any atom is -0.378 e. The van der Waals surface area contributed by atoms with Crippen LogP contribution in [0.2, 0.25) is 0 Å². The Kier molecular flexibility index (Phi) is 6.05. The molecular weight excluding hydrogens is 328 g/mol. The number of nitrogens with one attached hydrogen (secondary N) is 2. The fourth-order valence-corrected chi connectivity index (χ4v) is 2.13. The molecule has 0 saturated heterocycles. The molecule has 0 radical (unpaired) electrons. The van der Waals surface area contributed by atoms with Crippen molar-refractivity contribution in [2.75, 3.05) is 30.9 Å². The fraction of sp³-hybridized carbons (Fsp3) is 0.222. The van der Waals surface area contributed by atoms with E-state index in [9.17, 15) is 18.4 Å². The van der Waals surface area contributed by atoms with E-state index in [0.717, 1.165) is 23.4 Å². The van der Waals surface area contributed by atoms with Crippen molar-refractivity contribution in [3.63, 3.8) is 0 Å². The van der Waals surface area contributed by atoms with Gasteiger partial charge in [-0.2, -0.15) is 0 Å². The molecule has 0 atom stereocenters. The Morgan fingerprint density at radius 1 is 1.00 bits per heavy atom. The van der Waals surface area contributed by atoms with Crippen LogP contribution in [0.25, 0.3) is 0 Å². The molecule has 0 unspecified atom stereocenters. The zero-order valence-corrected chi connectivity index (χ0v) is 14.0. The highest BCUT2D eigenvalue weighted by molar-refractivity contribution is 6.39. The zero-order chi connectivity index (χ0) is 18.4. The smallest absolute Gasteiger partial charge is 0.313 e. The van der Waals surface area contributed by atoms with E-state index in [-0.39, 0.29) is 12.2 Å². The van der Waals surface area contributed by atoms with Gasteiger partial charge in [0, 0.05) is 32.4 Å². The van der Waals surface area contributed by atoms with E-state index >= 15 is 0 Å². The maximum Gasteiger partial charge on any atom is 0.313 e. The van der Waals surface area contributed by atoms with Crippen molar-refractivity contribution in [2.24, 2.45) is 0 Å². The van der Waals surface area contributed by atoms with Gasteiger partial charge in [-0.25, -0.2) is 8.78 Å². The largest absolute Gasteiger partial charge is 0.378 e. The molecule has 0 saturated carbocycles. The first kappa shape index (κ1) is 18.4. The molecule has 5 nitrogen and oxygen atoms in total. The first-order valence-corrected chi connectivity index (χ1v) is 7.67. The number of anilines is 2. The third-order valence-electron chi connectivity index (χ3n) is 3.54. The van der Waals surface area contributed by atoms with Gasteiger partial charge in [0.25, 0.3) is 0 Å². The first-order chi connectivity index (χ1) is 11.9. The van der Waals surface area contributed by atoms with Gasteiger partial charge in [0.05, 0.1) is 5.69 Å². The number of hydrogen-bond donors (Lipinski definition) is 2. The number of nitrogens with zero attached hydrogens (tertiary/aromatic N) is 1. The van der Waals surface area contributed by atoms with E-state index in [0.29, 0.717) is 12.5 Å². The Labute approximate surface area is 144 Å². The van der Waals surface area contributed by atoms with Crippen LogP contribution in [-0.4, -0.2) is 32.5 Å². The molecule has 0 fully saturated rings. The van der Waals surface area contributed by atoms with Gasteiger partial charge in [-0.3, -0.25) is 9.59 Å². The number of carbonyl (C=O) groups excluding carboxylic acids is 2. The van der Waals surface area contributed by atoms with E-state index in [1.807, 2.05) is 43.3 Å². The van der Waals surface area contributed by atoms with Gasteiger partial charge in [-0.05, 0) is 36.2 Å². The molecule has 2 rings (SSSR count). The highest BCUT2D eigenvalue weighted by Gasteiger charge is 2.15. The maximum atomic E-state index is 13.4. The minimum absolute atomic E-state index is 0.249. The molecule has 2 amide bonds. The average molecular weight is 347 g/mol. The molecule has 7 heteroatoms. The van der Waals surface area contributed by atoms with Crippen LogP contribution in [-0.2, 0) is 16.0 Å². The Morgan fingerprint density at radius 3 is 2.28 bits per heavy atom. The van der Waals surface area contributed by atoms with Crippen LogP contribution in [0.4, 0.5) is 20.2 Å². The van der Waals surface area contributed by atoms with Gasteiger partial charge in [0.15, 0.2) is 0 Å². The van der Waals surface area contributed by atoms with E-state index in [1.165, 1.54) is 0 Å². The molecule has 0 spiro atoms. The summed E-state index contributed by atoms with van der Waals surface area (Å²) < 4.78 is 26.3. The summed E-state index contributed by atoms with van der Waals surface area (Å²) in [6.07, 6.45) is 0.553. The SMILES string of the molecule is CN(C)c1ccc(CCNC(=O)C(=O)Nc2ccc(F)cc2F)cc1. The summed E-state index contributed by atoms with van der Waals surface area (Å²) in [5, 5.41) is 4.57. The standard InChI is InChI=1S/C18H19F2N3O2/c1-23(2)14-6-3-12(4-7-14)9-10-21-17(24)18(25)22-16-8-5-13(19)11-15(16)20/h3-8,11H,9-10H2,1-2H3,(H,21,24)(H,22,25). The average Bonchev–Trinajstić information content (AvgIpc) is 2.57. The van der Waals surface area contributed by atoms with Crippen LogP contribution in [0.5, 0.6) is 0 Å². The number of amides is 2. The third-order valence-corrected chi connectivity index (χ3v) is 3.54. The lowest BCUT2D eigenvalue weighted by Gasteiger charge is -2.12. The zero-order valence-electron chi connectivity index (χ0n) is 14.0. The lowest BCUT2D eigenvalue weighted by Crippen LogP contribution is -2.36. The number of halogens is 2. The molecule has 0 aliphatic heterocycles. The summed E-state index contributed by atoms with van der Waals surface area (Å²) in [6, 6.07) is 10.5. The first-order valence-electron chi connectivity index (χ1n) is 7.67. The quantitative estimate of drug-likeness (QED) is 0.816. The highest BCUT2D eigenvalue weighted by Crippen LogP contribution is 2.15. The molecule has 0 aromatic heterocycles. The molecular formula is C18H19F2N3O2. The number of benzene rings is 2. The van der Waals surface area contributed by atoms with E-state index < -0.39 is 23.4 Å². The Morgan fingerprint density at radius 2 is 1.68 bits per heavy atom. The van der Waals surface area contributed by atoms with Crippen molar-refractivity contribution in [3.05, 3.63) is 59.7 Å². The monoisotopic (exact) mass is 347 g/mol. The van der Waals surface area contributed by atoms with Gasteiger partial charge in [0.1, 0.15) is 11.6 Å². The molecule has 0 bridgehead atoms. The third kappa shape index (κ3) is 5.27. The van der Waals surface area contributed by atoms with Gasteiger partial charge in [0.2, 0.25) is 0 Å². The Hall–Kier alpha value is -2.96. The topological polar surface area (TPSA) is 61.4 Å². The van der Waals surface area contributed by atoms with Crippen LogP contribution in [0.3, 0.4) is 0 Å². The summed E-state index contributed by atoms with van der Waals surface area (Å²) >= 11 is 0. The van der Waals surface area contributed by atoms with Crippen molar-refractivity contribution in [3.8, 4) is 0 Å². The molecule has 132 valence electrons. The molecule has 25 heavy (non-hydrogen) atoms. The van der Waals surface area contributed by atoms with Crippen molar-refractivity contribution < 1.29 is 18.4 Å². The second-order valence-electron chi connectivity index (χ2n) is 5.65. The van der Waals surface area contributed by atoms with Crippen molar-refractivity contribution in [1.82, 2.24) is 5.32 Å². The predicted octanol–water partition coefficient (Wildman–Crippen LogP) is 2.33. The molecule has 2 aromatic carbocycles. The normalized spacial score (nSPS) is 10.2. The molecule has 2 aromatic rings. The summed E-state index contributed by atoms with van der Waals surface area (Å²) in [4.78, 5) is 25.4. The fourth-order valence-electron chi connectivity index (χ4n) is 2.13.